The lowest BCUT2D eigenvalue weighted by molar-refractivity contribution is -0.361. The lowest BCUT2D eigenvalue weighted by atomic mass is 9.44. The largest absolute Gasteiger partial charge is 0.394 e. The number of ether oxygens (including phenoxy) is 9. The van der Waals surface area contributed by atoms with E-state index in [2.05, 4.69) is 20.4 Å². The SMILES string of the molecule is C=C(CC[C@@]1(O)O[C@H]2C[C@H]3[C@@H]4CC(=O)[C@H]5C[C@@H](O[C@@H]6O[C@H](CO[C@@H]7OC[C@H](O)[C@H](O)[C@H]7O)[C@@H](O[C@@H]7OC[C@@H](O)[C@H](O)[C@H]7O)[C@H](O)[C@H]6O)CC[C@]5(C)[C@H]4CC[C@]3(C)[C@H]2[C@@H]1C)CO[C@@H]1O[C@H](CO)[C@@H](O)[C@H](O)[C@H]1O. The average Bonchev–Trinajstić information content (AvgIpc) is 3.79. The molecule has 0 amide bonds. The van der Waals surface area contributed by atoms with Crippen LogP contribution in [0.25, 0.3) is 0 Å². The third kappa shape index (κ3) is 9.92. The van der Waals surface area contributed by atoms with Crippen molar-refractivity contribution in [3.63, 3.8) is 0 Å². The smallest absolute Gasteiger partial charge is 0.187 e. The second-order valence-electron chi connectivity index (χ2n) is 23.0. The van der Waals surface area contributed by atoms with Gasteiger partial charge in [-0.3, -0.25) is 4.79 Å². The van der Waals surface area contributed by atoms with Gasteiger partial charge in [0.1, 0.15) is 91.2 Å². The van der Waals surface area contributed by atoms with Gasteiger partial charge >= 0.3 is 0 Å². The van der Waals surface area contributed by atoms with Gasteiger partial charge in [0.25, 0.3) is 0 Å². The van der Waals surface area contributed by atoms with E-state index in [1.807, 2.05) is 6.92 Å². The van der Waals surface area contributed by atoms with Crippen LogP contribution in [-0.2, 0) is 47.4 Å². The zero-order chi connectivity index (χ0) is 51.9. The van der Waals surface area contributed by atoms with E-state index in [4.69, 9.17) is 42.6 Å². The Morgan fingerprint density at radius 2 is 1.32 bits per heavy atom. The Hall–Kier alpha value is -1.47. The van der Waals surface area contributed by atoms with Gasteiger partial charge in [-0.25, -0.2) is 0 Å². The monoisotopic (exact) mass is 1030 g/mol. The van der Waals surface area contributed by atoms with Crippen molar-refractivity contribution in [2.45, 2.75) is 207 Å². The van der Waals surface area contributed by atoms with Gasteiger partial charge in [-0.1, -0.05) is 32.9 Å². The van der Waals surface area contributed by atoms with Crippen LogP contribution in [0.5, 0.6) is 0 Å². The van der Waals surface area contributed by atoms with E-state index in [0.29, 0.717) is 44.1 Å². The van der Waals surface area contributed by atoms with E-state index in [0.717, 1.165) is 12.8 Å². The molecule has 4 saturated carbocycles. The van der Waals surface area contributed by atoms with Crippen LogP contribution in [0.3, 0.4) is 0 Å². The summed E-state index contributed by atoms with van der Waals surface area (Å²) in [5.41, 5.74) is 0.0235. The molecular weight excluding hydrogens is 957 g/mol. The van der Waals surface area contributed by atoms with Gasteiger partial charge in [0.05, 0.1) is 45.2 Å². The molecule has 0 aromatic carbocycles. The summed E-state index contributed by atoms with van der Waals surface area (Å²) in [6, 6.07) is 0. The minimum atomic E-state index is -1.76. The van der Waals surface area contributed by atoms with E-state index in [9.17, 15) is 71.2 Å². The van der Waals surface area contributed by atoms with Crippen LogP contribution in [0.4, 0.5) is 0 Å². The average molecular weight is 1040 g/mol. The summed E-state index contributed by atoms with van der Waals surface area (Å²) in [4.78, 5) is 14.5. The van der Waals surface area contributed by atoms with Crippen LogP contribution < -0.4 is 0 Å². The lowest BCUT2D eigenvalue weighted by Crippen LogP contribution is -2.64. The van der Waals surface area contributed by atoms with E-state index >= 15 is 0 Å². The van der Waals surface area contributed by atoms with Crippen LogP contribution in [0.15, 0.2) is 12.2 Å². The molecule has 5 saturated heterocycles. The Morgan fingerprint density at radius 1 is 0.694 bits per heavy atom. The number of carbonyl (C=O) groups excluding carboxylic acids is 1. The molecule has 5 aliphatic heterocycles. The maximum absolute atomic E-state index is 14.5. The van der Waals surface area contributed by atoms with Gasteiger partial charge in [0, 0.05) is 24.7 Å². The summed E-state index contributed by atoms with van der Waals surface area (Å²) in [7, 11) is 0. The first-order valence-electron chi connectivity index (χ1n) is 25.8. The third-order valence-electron chi connectivity index (χ3n) is 18.8. The highest BCUT2D eigenvalue weighted by atomic mass is 16.8. The van der Waals surface area contributed by atoms with Crippen LogP contribution >= 0.6 is 0 Å². The minimum Gasteiger partial charge on any atom is -0.394 e. The molecule has 13 N–H and O–H groups in total. The molecule has 23 heteroatoms. The predicted octanol–water partition coefficient (Wildman–Crippen LogP) is -3.58. The zero-order valence-corrected chi connectivity index (χ0v) is 41.0. The molecule has 412 valence electrons. The molecule has 0 aromatic rings. The predicted molar refractivity (Wildman–Crippen MR) is 240 cm³/mol. The molecule has 0 aromatic heterocycles. The van der Waals surface area contributed by atoms with Gasteiger partial charge in [-0.2, -0.15) is 0 Å². The molecule has 72 heavy (non-hydrogen) atoms. The first-order valence-corrected chi connectivity index (χ1v) is 25.8. The third-order valence-corrected chi connectivity index (χ3v) is 18.8. The number of carbonyl (C=O) groups is 1. The molecule has 0 radical (unpaired) electrons. The molecule has 5 heterocycles. The highest BCUT2D eigenvalue weighted by Gasteiger charge is 2.69. The Bertz CT molecular complexity index is 1900. The molecule has 23 nitrogen and oxygen atoms in total. The first-order chi connectivity index (χ1) is 34.0. The Balaban J connectivity index is 0.814. The van der Waals surface area contributed by atoms with Crippen molar-refractivity contribution in [1.29, 1.82) is 0 Å². The Labute approximate surface area is 417 Å². The quantitative estimate of drug-likeness (QED) is 0.0591. The van der Waals surface area contributed by atoms with E-state index in [1.54, 1.807) is 0 Å². The van der Waals surface area contributed by atoms with E-state index in [1.165, 1.54) is 0 Å². The summed E-state index contributed by atoms with van der Waals surface area (Å²) in [6.07, 6.45) is -23.2. The van der Waals surface area contributed by atoms with Gasteiger partial charge in [-0.05, 0) is 79.4 Å². The van der Waals surface area contributed by atoms with Crippen molar-refractivity contribution in [3.8, 4) is 0 Å². The highest BCUT2D eigenvalue weighted by Crippen LogP contribution is 2.70. The number of ketones is 1. The number of Topliss-reactive ketones (excluding diaryl/α,β-unsaturated/α-hetero) is 1. The van der Waals surface area contributed by atoms with Gasteiger partial charge in [0.15, 0.2) is 30.9 Å². The fourth-order valence-electron chi connectivity index (χ4n) is 14.6. The van der Waals surface area contributed by atoms with Crippen molar-refractivity contribution in [1.82, 2.24) is 0 Å². The van der Waals surface area contributed by atoms with Crippen molar-refractivity contribution in [3.05, 3.63) is 12.2 Å². The minimum absolute atomic E-state index is 0.0350. The van der Waals surface area contributed by atoms with Gasteiger partial charge < -0.3 is 109 Å². The zero-order valence-electron chi connectivity index (χ0n) is 41.0. The second-order valence-corrected chi connectivity index (χ2v) is 23.0. The number of aliphatic hydroxyl groups is 13. The number of hydrogen-bond acceptors (Lipinski definition) is 23. The molecule has 0 unspecified atom stereocenters. The fraction of sp³-hybridized carbons (Fsp3) is 0.939. The molecule has 9 fully saturated rings. The number of aliphatic hydroxyl groups excluding tert-OH is 12. The summed E-state index contributed by atoms with van der Waals surface area (Å²) in [6.45, 7) is 8.68. The number of hydrogen-bond donors (Lipinski definition) is 13. The molecule has 0 spiro atoms. The van der Waals surface area contributed by atoms with Crippen LogP contribution in [0, 0.1) is 46.3 Å². The normalized spacial score (nSPS) is 54.6. The Kier molecular flexibility index (Phi) is 16.4. The maximum atomic E-state index is 14.5. The molecule has 0 bridgehead atoms. The number of fused-ring (bicyclic) bond motifs is 7. The Morgan fingerprint density at radius 3 is 2.01 bits per heavy atom. The van der Waals surface area contributed by atoms with Crippen molar-refractivity contribution in [2.24, 2.45) is 46.3 Å². The molecule has 29 atom stereocenters. The summed E-state index contributed by atoms with van der Waals surface area (Å²) in [5, 5.41) is 137. The first kappa shape index (κ1) is 55.3. The van der Waals surface area contributed by atoms with Crippen LogP contribution in [0.1, 0.15) is 78.6 Å². The summed E-state index contributed by atoms with van der Waals surface area (Å²) >= 11 is 0. The van der Waals surface area contributed by atoms with E-state index in [-0.39, 0.29) is 77.9 Å². The second kappa shape index (κ2) is 21.4. The van der Waals surface area contributed by atoms with Crippen LogP contribution in [-0.4, -0.2) is 234 Å². The summed E-state index contributed by atoms with van der Waals surface area (Å²) < 4.78 is 52.8. The van der Waals surface area contributed by atoms with E-state index < -0.39 is 142 Å². The van der Waals surface area contributed by atoms with Gasteiger partial charge in [-0.15, -0.1) is 0 Å². The topological polar surface area (TPSA) is 363 Å². The molecule has 9 aliphatic rings. The maximum Gasteiger partial charge on any atom is 0.187 e. The fourth-order valence-corrected chi connectivity index (χ4v) is 14.6. The standard InChI is InChI=1S/C49H78O23/c1-19(15-64-44-40(61)36(57)35(56)30(14-50)69-44)5-10-49(63)20(2)32-29(72-49)13-24-22-12-26(51)25-11-21(6-8-47(25,3)23(22)7-9-48(24,32)4)68-46-41(62)37(58)42(71-45-39(60)34(55)28(53)17-66-45)31(70-46)18-67-43-38(59)33(54)27(52)16-65-43/h20-25,27-46,50,52-63H,1,5-18H2,2-4H3/t20-,21-,22+,23-,24-,25+,27-,28+,29-,30+,31+,32-,33-,34-,35+,36-,37+,38+,39+,40+,41+,42+,43-,44+,45-,46+,47+,48-,49+/m0/s1. The molecular formula is C49H78O23. The highest BCUT2D eigenvalue weighted by molar-refractivity contribution is 5.83. The van der Waals surface area contributed by atoms with Crippen molar-refractivity contribution in [2.75, 3.05) is 33.0 Å². The molecule has 4 aliphatic carbocycles. The molecule has 9 rings (SSSR count). The number of rotatable bonds is 14. The van der Waals surface area contributed by atoms with Crippen LogP contribution in [0.2, 0.25) is 0 Å². The van der Waals surface area contributed by atoms with Gasteiger partial charge in [0.2, 0.25) is 0 Å². The lowest BCUT2D eigenvalue weighted by Gasteiger charge is -2.60. The van der Waals surface area contributed by atoms with Crippen molar-refractivity contribution >= 4 is 5.78 Å². The summed E-state index contributed by atoms with van der Waals surface area (Å²) in [5.74, 6) is -1.37. The van der Waals surface area contributed by atoms with Crippen molar-refractivity contribution < 1.29 is 114 Å².